The van der Waals surface area contributed by atoms with E-state index in [9.17, 15) is 9.90 Å². The number of benzene rings is 1. The first-order valence-electron chi connectivity index (χ1n) is 8.34. The summed E-state index contributed by atoms with van der Waals surface area (Å²) in [4.78, 5) is 16.4. The molecule has 2 rings (SSSR count). The molecule has 0 spiro atoms. The zero-order chi connectivity index (χ0) is 17.0. The maximum Gasteiger partial charge on any atom is 0.414 e. The smallest absolute Gasteiger partial charge is 0.414 e. The Morgan fingerprint density at radius 3 is 2.52 bits per heavy atom. The highest BCUT2D eigenvalue weighted by Crippen LogP contribution is 2.33. The molecule has 0 bridgehead atoms. The highest BCUT2D eigenvalue weighted by atomic mass is 16.6. The van der Waals surface area contributed by atoms with E-state index in [4.69, 9.17) is 4.74 Å². The number of carbonyl (C=O) groups is 1. The summed E-state index contributed by atoms with van der Waals surface area (Å²) >= 11 is 0. The minimum atomic E-state index is -0.517. The molecule has 1 aromatic rings. The van der Waals surface area contributed by atoms with E-state index in [2.05, 4.69) is 4.90 Å². The second-order valence-electron chi connectivity index (χ2n) is 6.98. The maximum absolute atomic E-state index is 12.6. The summed E-state index contributed by atoms with van der Waals surface area (Å²) < 4.78 is 5.55. The molecule has 1 aliphatic heterocycles. The summed E-state index contributed by atoms with van der Waals surface area (Å²) in [6.07, 6.45) is 0.873. The number of hydrogen-bond donors (Lipinski definition) is 1. The Hall–Kier alpha value is -1.75. The fourth-order valence-electron chi connectivity index (χ4n) is 2.70. The van der Waals surface area contributed by atoms with Crippen molar-refractivity contribution in [2.45, 2.75) is 52.2 Å². The molecular formula is C18H28N2O3. The molecule has 0 saturated heterocycles. The van der Waals surface area contributed by atoms with E-state index in [0.717, 1.165) is 24.3 Å². The number of fused-ring (bicyclic) bond motifs is 1. The van der Waals surface area contributed by atoms with Gasteiger partial charge in [0.2, 0.25) is 0 Å². The Balaban J connectivity index is 2.29. The number of aliphatic hydroxyl groups excluding tert-OH is 1. The highest BCUT2D eigenvalue weighted by molar-refractivity contribution is 5.93. The topological polar surface area (TPSA) is 53.0 Å². The van der Waals surface area contributed by atoms with Crippen LogP contribution in [-0.4, -0.2) is 42.5 Å². The van der Waals surface area contributed by atoms with Gasteiger partial charge in [-0.15, -0.1) is 0 Å². The predicted molar refractivity (Wildman–Crippen MR) is 93.1 cm³/mol. The van der Waals surface area contributed by atoms with Crippen molar-refractivity contribution in [2.24, 2.45) is 0 Å². The Morgan fingerprint density at radius 2 is 1.91 bits per heavy atom. The number of para-hydroxylation sites is 2. The minimum absolute atomic E-state index is 0.317. The molecule has 23 heavy (non-hydrogen) atoms. The number of hydrogen-bond acceptors (Lipinski definition) is 4. The summed E-state index contributed by atoms with van der Waals surface area (Å²) in [6, 6.07) is 7.83. The van der Waals surface area contributed by atoms with Gasteiger partial charge in [-0.25, -0.2) is 4.79 Å². The lowest BCUT2D eigenvalue weighted by Gasteiger charge is -2.29. The van der Waals surface area contributed by atoms with Crippen LogP contribution in [-0.2, 0) is 4.74 Å². The van der Waals surface area contributed by atoms with E-state index >= 15 is 0 Å². The highest BCUT2D eigenvalue weighted by Gasteiger charge is 2.28. The number of amides is 1. The van der Waals surface area contributed by atoms with Crippen LogP contribution in [0.3, 0.4) is 0 Å². The van der Waals surface area contributed by atoms with Gasteiger partial charge >= 0.3 is 6.09 Å². The first kappa shape index (κ1) is 17.6. The Labute approximate surface area is 138 Å². The van der Waals surface area contributed by atoms with Crippen molar-refractivity contribution < 1.29 is 14.6 Å². The quantitative estimate of drug-likeness (QED) is 0.927. The zero-order valence-electron chi connectivity index (χ0n) is 14.6. The van der Waals surface area contributed by atoms with E-state index in [1.165, 1.54) is 0 Å². The van der Waals surface area contributed by atoms with Gasteiger partial charge in [-0.1, -0.05) is 19.1 Å². The molecule has 0 unspecified atom stereocenters. The molecule has 1 amide bonds. The number of rotatable bonds is 3. The number of nitrogens with zero attached hydrogens (tertiary/aromatic N) is 2. The average Bonchev–Trinajstić information content (AvgIpc) is 2.65. The van der Waals surface area contributed by atoms with Gasteiger partial charge in [-0.05, 0) is 45.7 Å². The lowest BCUT2D eigenvalue weighted by atomic mass is 10.2. The molecule has 0 saturated carbocycles. The molecule has 5 heteroatoms. The van der Waals surface area contributed by atoms with Crippen molar-refractivity contribution in [3.8, 4) is 0 Å². The molecule has 1 atom stereocenters. The van der Waals surface area contributed by atoms with Crippen LogP contribution in [0.5, 0.6) is 0 Å². The van der Waals surface area contributed by atoms with Crippen LogP contribution in [0.4, 0.5) is 16.2 Å². The maximum atomic E-state index is 12.6. The number of β-amino-alcohol motifs (C(OH)–C–C–N with tert-alkyl or cyclic N) is 1. The molecule has 0 fully saturated rings. The van der Waals surface area contributed by atoms with E-state index in [0.29, 0.717) is 19.5 Å². The molecule has 1 heterocycles. The molecule has 0 radical (unpaired) electrons. The van der Waals surface area contributed by atoms with Crippen molar-refractivity contribution in [3.63, 3.8) is 0 Å². The second kappa shape index (κ2) is 7.21. The first-order chi connectivity index (χ1) is 10.8. The molecular weight excluding hydrogens is 292 g/mol. The lowest BCUT2D eigenvalue weighted by molar-refractivity contribution is 0.0581. The van der Waals surface area contributed by atoms with Gasteiger partial charge in [-0.3, -0.25) is 4.90 Å². The molecule has 128 valence electrons. The average molecular weight is 320 g/mol. The third kappa shape index (κ3) is 4.61. The number of carbonyl (C=O) groups excluding carboxylic acids is 1. The SMILES string of the molecule is CC[C@@H](O)CN1CCCN(C(=O)OC(C)(C)C)c2ccccc21. The molecule has 0 aliphatic carbocycles. The third-order valence-electron chi connectivity index (χ3n) is 3.84. The van der Waals surface area contributed by atoms with Gasteiger partial charge in [0, 0.05) is 19.6 Å². The fourth-order valence-corrected chi connectivity index (χ4v) is 2.70. The van der Waals surface area contributed by atoms with Crippen molar-refractivity contribution >= 4 is 17.5 Å². The van der Waals surface area contributed by atoms with Crippen LogP contribution in [0.1, 0.15) is 40.5 Å². The van der Waals surface area contributed by atoms with Crippen molar-refractivity contribution in [1.82, 2.24) is 0 Å². The first-order valence-corrected chi connectivity index (χ1v) is 8.34. The Bertz CT molecular complexity index is 539. The van der Waals surface area contributed by atoms with Gasteiger partial charge in [0.1, 0.15) is 5.60 Å². The molecule has 0 aromatic heterocycles. The zero-order valence-corrected chi connectivity index (χ0v) is 14.6. The van der Waals surface area contributed by atoms with Gasteiger partial charge in [0.25, 0.3) is 0 Å². The van der Waals surface area contributed by atoms with Gasteiger partial charge < -0.3 is 14.7 Å². The summed E-state index contributed by atoms with van der Waals surface area (Å²) in [5.41, 5.74) is 1.31. The molecule has 1 aromatic carbocycles. The second-order valence-corrected chi connectivity index (χ2v) is 6.98. The van der Waals surface area contributed by atoms with Crippen LogP contribution in [0, 0.1) is 0 Å². The van der Waals surface area contributed by atoms with E-state index < -0.39 is 5.60 Å². The summed E-state index contributed by atoms with van der Waals surface area (Å²) in [7, 11) is 0. The third-order valence-corrected chi connectivity index (χ3v) is 3.84. The van der Waals surface area contributed by atoms with Gasteiger partial charge in [0.05, 0.1) is 17.5 Å². The van der Waals surface area contributed by atoms with Crippen LogP contribution >= 0.6 is 0 Å². The van der Waals surface area contributed by atoms with Gasteiger partial charge in [0.15, 0.2) is 0 Å². The summed E-state index contributed by atoms with van der Waals surface area (Å²) in [6.45, 7) is 9.60. The van der Waals surface area contributed by atoms with Crippen LogP contribution in [0.25, 0.3) is 0 Å². The van der Waals surface area contributed by atoms with Crippen molar-refractivity contribution in [1.29, 1.82) is 0 Å². The number of ether oxygens (including phenoxy) is 1. The van der Waals surface area contributed by atoms with Gasteiger partial charge in [-0.2, -0.15) is 0 Å². The van der Waals surface area contributed by atoms with Crippen LogP contribution < -0.4 is 9.80 Å². The van der Waals surface area contributed by atoms with Crippen molar-refractivity contribution in [2.75, 3.05) is 29.4 Å². The minimum Gasteiger partial charge on any atom is -0.443 e. The standard InChI is InChI=1S/C18H28N2O3/c1-5-14(21)13-19-11-8-12-20(17(22)23-18(2,3)4)16-10-7-6-9-15(16)19/h6-7,9-10,14,21H,5,8,11-13H2,1-4H3/t14-/m1/s1. The Kier molecular flexibility index (Phi) is 5.52. The van der Waals surface area contributed by atoms with Crippen molar-refractivity contribution in [3.05, 3.63) is 24.3 Å². The van der Waals surface area contributed by atoms with E-state index in [-0.39, 0.29) is 12.2 Å². The number of anilines is 2. The predicted octanol–water partition coefficient (Wildman–Crippen LogP) is 3.41. The molecule has 5 nitrogen and oxygen atoms in total. The summed E-state index contributed by atoms with van der Waals surface area (Å²) in [5, 5.41) is 10.0. The normalized spacial score (nSPS) is 16.6. The number of aliphatic hydroxyl groups is 1. The molecule has 1 N–H and O–H groups in total. The van der Waals surface area contributed by atoms with Crippen LogP contribution in [0.2, 0.25) is 0 Å². The molecule has 1 aliphatic rings. The van der Waals surface area contributed by atoms with Crippen LogP contribution in [0.15, 0.2) is 24.3 Å². The van der Waals surface area contributed by atoms with E-state index in [1.54, 1.807) is 4.90 Å². The Morgan fingerprint density at radius 1 is 1.26 bits per heavy atom. The van der Waals surface area contributed by atoms with E-state index in [1.807, 2.05) is 52.0 Å². The largest absolute Gasteiger partial charge is 0.443 e. The summed E-state index contributed by atoms with van der Waals surface area (Å²) in [5.74, 6) is 0. The fraction of sp³-hybridized carbons (Fsp3) is 0.611. The monoisotopic (exact) mass is 320 g/mol. The lowest BCUT2D eigenvalue weighted by Crippen LogP contribution is -2.37.